The van der Waals surface area contributed by atoms with E-state index in [1.165, 1.54) is 13.0 Å². The van der Waals surface area contributed by atoms with Gasteiger partial charge < -0.3 is 39.4 Å². The third kappa shape index (κ3) is 4.26. The summed E-state index contributed by atoms with van der Waals surface area (Å²) in [5.41, 5.74) is -1.08. The Morgan fingerprint density at radius 1 is 0.976 bits per heavy atom. The quantitative estimate of drug-likeness (QED) is 0.283. The molecule has 4 N–H and O–H groups in total. The molecule has 10 nitrogen and oxygen atoms in total. The van der Waals surface area contributed by atoms with E-state index in [1.807, 2.05) is 0 Å². The van der Waals surface area contributed by atoms with Crippen molar-refractivity contribution in [2.45, 2.75) is 135 Å². The molecule has 42 heavy (non-hydrogen) atoms. The van der Waals surface area contributed by atoms with Gasteiger partial charge in [0.2, 0.25) is 0 Å². The minimum Gasteiger partial charge on any atom is -0.462 e. The van der Waals surface area contributed by atoms with Crippen LogP contribution in [0.15, 0.2) is 11.6 Å². The lowest BCUT2D eigenvalue weighted by atomic mass is 9.37. The Balaban J connectivity index is 1.24. The Hall–Kier alpha value is -1.56. The predicted molar refractivity (Wildman–Crippen MR) is 149 cm³/mol. The average molecular weight is 593 g/mol. The van der Waals surface area contributed by atoms with Crippen molar-refractivity contribution >= 4 is 11.9 Å². The molecule has 0 spiro atoms. The van der Waals surface area contributed by atoms with Gasteiger partial charge in [0.1, 0.15) is 31.0 Å². The van der Waals surface area contributed by atoms with Crippen LogP contribution in [0.2, 0.25) is 0 Å². The van der Waals surface area contributed by atoms with Gasteiger partial charge in [-0.05, 0) is 80.1 Å². The highest BCUT2D eigenvalue weighted by Crippen LogP contribution is 2.74. The van der Waals surface area contributed by atoms with E-state index < -0.39 is 47.8 Å². The van der Waals surface area contributed by atoms with Gasteiger partial charge in [-0.1, -0.05) is 20.8 Å². The van der Waals surface area contributed by atoms with Gasteiger partial charge in [-0.15, -0.1) is 0 Å². The number of hydrogen-bond donors (Lipinski definition) is 4. The van der Waals surface area contributed by atoms with Crippen LogP contribution in [0.25, 0.3) is 0 Å². The highest BCUT2D eigenvalue weighted by molar-refractivity contribution is 5.85. The second-order valence-electron chi connectivity index (χ2n) is 14.9. The Morgan fingerprint density at radius 2 is 1.69 bits per heavy atom. The number of esters is 2. The molecular weight excluding hydrogens is 544 g/mol. The molecule has 2 aliphatic heterocycles. The first-order valence-corrected chi connectivity index (χ1v) is 15.8. The van der Waals surface area contributed by atoms with Crippen LogP contribution in [0.5, 0.6) is 0 Å². The van der Waals surface area contributed by atoms with Crippen molar-refractivity contribution in [1.29, 1.82) is 0 Å². The number of aliphatic hydroxyl groups is 4. The van der Waals surface area contributed by atoms with E-state index in [0.717, 1.165) is 50.5 Å². The fourth-order valence-electron chi connectivity index (χ4n) is 10.6. The number of hydrogen-bond acceptors (Lipinski definition) is 10. The number of aliphatic hydroxyl groups excluding tert-OH is 3. The molecule has 1 saturated heterocycles. The van der Waals surface area contributed by atoms with Crippen molar-refractivity contribution in [3.05, 3.63) is 11.6 Å². The minimum absolute atomic E-state index is 0.00914. The van der Waals surface area contributed by atoms with Crippen LogP contribution in [-0.2, 0) is 28.5 Å². The van der Waals surface area contributed by atoms with E-state index in [4.69, 9.17) is 18.9 Å². The lowest BCUT2D eigenvalue weighted by Crippen LogP contribution is -2.67. The molecule has 6 aliphatic rings. The van der Waals surface area contributed by atoms with Crippen LogP contribution in [0.4, 0.5) is 0 Å². The lowest BCUT2D eigenvalue weighted by Gasteiger charge is -2.69. The SMILES string of the molecule is CC(=O)O[C@H]1C[C@]2(O)[C@@H]3CC[C@@H]4C[C@@H](O[C@@H]5O[C@@H](C)[C@H](O)[C@@H](O)[C@H]5O)CC[C@]4(C)[C@@]3(C)CC[C@]2(C)[C@H]1C1=CC(=O)OC1. The summed E-state index contributed by atoms with van der Waals surface area (Å²) in [6.07, 6.45) is 1.57. The summed E-state index contributed by atoms with van der Waals surface area (Å²) < 4.78 is 23.1. The zero-order chi connectivity index (χ0) is 30.4. The Kier molecular flexibility index (Phi) is 7.43. The molecule has 0 radical (unpaired) electrons. The van der Waals surface area contributed by atoms with Gasteiger partial charge in [-0.2, -0.15) is 0 Å². The van der Waals surface area contributed by atoms with E-state index >= 15 is 0 Å². The maximum Gasteiger partial charge on any atom is 0.331 e. The second-order valence-corrected chi connectivity index (χ2v) is 14.9. The fourth-order valence-corrected chi connectivity index (χ4v) is 10.6. The molecule has 0 aromatic carbocycles. The number of cyclic esters (lactones) is 1. The topological polar surface area (TPSA) is 152 Å². The Labute approximate surface area is 247 Å². The first kappa shape index (κ1) is 30.5. The second kappa shape index (κ2) is 10.2. The van der Waals surface area contributed by atoms with Gasteiger partial charge >= 0.3 is 11.9 Å². The Morgan fingerprint density at radius 3 is 2.36 bits per heavy atom. The van der Waals surface area contributed by atoms with E-state index in [9.17, 15) is 30.0 Å². The molecule has 4 aliphatic carbocycles. The van der Waals surface area contributed by atoms with Crippen LogP contribution in [0, 0.1) is 34.0 Å². The van der Waals surface area contributed by atoms with Gasteiger partial charge in [0.15, 0.2) is 6.29 Å². The molecule has 14 atom stereocenters. The summed E-state index contributed by atoms with van der Waals surface area (Å²) in [4.78, 5) is 24.2. The summed E-state index contributed by atoms with van der Waals surface area (Å²) in [5.74, 6) is -0.726. The number of rotatable bonds is 4. The summed E-state index contributed by atoms with van der Waals surface area (Å²) in [5, 5.41) is 43.7. The molecule has 10 heteroatoms. The number of carbonyl (C=O) groups is 2. The van der Waals surface area contributed by atoms with Crippen molar-refractivity contribution in [3.8, 4) is 0 Å². The molecule has 4 saturated carbocycles. The molecule has 0 unspecified atom stereocenters. The maximum absolute atomic E-state index is 12.8. The van der Waals surface area contributed by atoms with E-state index in [0.29, 0.717) is 12.3 Å². The molecule has 2 heterocycles. The van der Waals surface area contributed by atoms with Gasteiger partial charge in [0.05, 0.1) is 17.8 Å². The van der Waals surface area contributed by atoms with Crippen molar-refractivity contribution < 1.29 is 49.0 Å². The van der Waals surface area contributed by atoms with Crippen molar-refractivity contribution in [2.75, 3.05) is 6.61 Å². The smallest absolute Gasteiger partial charge is 0.331 e. The zero-order valence-corrected chi connectivity index (χ0v) is 25.5. The summed E-state index contributed by atoms with van der Waals surface area (Å²) in [7, 11) is 0. The maximum atomic E-state index is 12.8. The molecule has 6 rings (SSSR count). The minimum atomic E-state index is -1.32. The summed E-state index contributed by atoms with van der Waals surface area (Å²) >= 11 is 0. The van der Waals surface area contributed by atoms with Crippen LogP contribution in [-0.4, -0.2) is 87.5 Å². The monoisotopic (exact) mass is 592 g/mol. The third-order valence-electron chi connectivity index (χ3n) is 13.1. The van der Waals surface area contributed by atoms with Crippen LogP contribution >= 0.6 is 0 Å². The number of carbonyl (C=O) groups excluding carboxylic acids is 2. The number of fused-ring (bicyclic) bond motifs is 5. The lowest BCUT2D eigenvalue weighted by molar-refractivity contribution is -0.313. The number of ether oxygens (including phenoxy) is 4. The van der Waals surface area contributed by atoms with Crippen molar-refractivity contribution in [2.24, 2.45) is 34.0 Å². The van der Waals surface area contributed by atoms with Gasteiger partial charge in [-0.3, -0.25) is 4.79 Å². The molecular formula is C32H48O10. The standard InChI is InChI=1S/C32H48O10/c1-16-25(35)26(36)27(37)28(40-16)42-20-8-9-29(3)19(13-20)6-7-22-30(29,4)10-11-31(5)24(18-12-23(34)39-15-18)21(41-17(2)33)14-32(22,31)38/h12,16,19-22,24-28,35-38H,6-11,13-15H2,1-5H3/t16-,19+,20-,21-,22+,24-,25-,26+,27+,28-,29-,30-,31+,32-/m0/s1. The van der Waals surface area contributed by atoms with E-state index in [-0.39, 0.29) is 47.3 Å². The average Bonchev–Trinajstić information content (AvgIpc) is 3.43. The van der Waals surface area contributed by atoms with Crippen molar-refractivity contribution in [3.63, 3.8) is 0 Å². The van der Waals surface area contributed by atoms with Crippen LogP contribution < -0.4 is 0 Å². The van der Waals surface area contributed by atoms with Crippen LogP contribution in [0.1, 0.15) is 86.0 Å². The fraction of sp³-hybridized carbons (Fsp3) is 0.875. The van der Waals surface area contributed by atoms with E-state index in [1.54, 1.807) is 6.92 Å². The molecule has 236 valence electrons. The third-order valence-corrected chi connectivity index (χ3v) is 13.1. The molecule has 0 amide bonds. The van der Waals surface area contributed by atoms with E-state index in [2.05, 4.69) is 20.8 Å². The van der Waals surface area contributed by atoms with Crippen LogP contribution in [0.3, 0.4) is 0 Å². The zero-order valence-electron chi connectivity index (χ0n) is 25.5. The normalized spacial score (nSPS) is 53.8. The van der Waals surface area contributed by atoms with Crippen molar-refractivity contribution in [1.82, 2.24) is 0 Å². The highest BCUT2D eigenvalue weighted by Gasteiger charge is 2.74. The highest BCUT2D eigenvalue weighted by atomic mass is 16.7. The Bertz CT molecular complexity index is 1140. The molecule has 0 aromatic heterocycles. The van der Waals surface area contributed by atoms with Gasteiger partial charge in [-0.25, -0.2) is 4.79 Å². The molecule has 0 aromatic rings. The summed E-state index contributed by atoms with van der Waals surface area (Å²) in [6, 6.07) is 0. The molecule has 5 fully saturated rings. The van der Waals surface area contributed by atoms with Gasteiger partial charge in [0, 0.05) is 30.8 Å². The predicted octanol–water partition coefficient (Wildman–Crippen LogP) is 2.39. The first-order chi connectivity index (χ1) is 19.6. The molecule has 0 bridgehead atoms. The summed E-state index contributed by atoms with van der Waals surface area (Å²) in [6.45, 7) is 10.0. The first-order valence-electron chi connectivity index (χ1n) is 15.8. The largest absolute Gasteiger partial charge is 0.462 e. The van der Waals surface area contributed by atoms with Gasteiger partial charge in [0.25, 0.3) is 0 Å².